The minimum atomic E-state index is 0.264. The average Bonchev–Trinajstić information content (AvgIpc) is 2.69. The molecule has 0 aliphatic carbocycles. The van der Waals surface area contributed by atoms with Gasteiger partial charge in [-0.2, -0.15) is 0 Å². The maximum absolute atomic E-state index is 10.6. The summed E-state index contributed by atoms with van der Waals surface area (Å²) < 4.78 is 0. The summed E-state index contributed by atoms with van der Waals surface area (Å²) in [7, 11) is 0. The van der Waals surface area contributed by atoms with E-state index in [0.29, 0.717) is 0 Å². The second-order valence-corrected chi connectivity index (χ2v) is 9.86. The van der Waals surface area contributed by atoms with Crippen molar-refractivity contribution in [3.05, 3.63) is 0 Å². The summed E-state index contributed by atoms with van der Waals surface area (Å²) in [6, 6.07) is 0. The van der Waals surface area contributed by atoms with Crippen molar-refractivity contribution in [3.8, 4) is 0 Å². The summed E-state index contributed by atoms with van der Waals surface area (Å²) >= 11 is 0. The van der Waals surface area contributed by atoms with Gasteiger partial charge in [0.05, 0.1) is 0 Å². The lowest BCUT2D eigenvalue weighted by atomic mass is 9.93. The van der Waals surface area contributed by atoms with Crippen LogP contribution in [0.1, 0.15) is 150 Å². The third-order valence-corrected chi connectivity index (χ3v) is 6.53. The Morgan fingerprint density at radius 1 is 0.500 bits per heavy atom. The predicted octanol–water partition coefficient (Wildman–Crippen LogP) is 9.53. The Morgan fingerprint density at radius 3 is 1.21 bits per heavy atom. The molecule has 3 unspecified atom stereocenters. The average molecular weight is 395 g/mol. The molecule has 0 saturated carbocycles. The van der Waals surface area contributed by atoms with Crippen LogP contribution in [0.3, 0.4) is 0 Å². The Balaban J connectivity index is 3.29. The van der Waals surface area contributed by atoms with Gasteiger partial charge in [0.1, 0.15) is 6.29 Å². The number of hydrogen-bond acceptors (Lipinski definition) is 1. The van der Waals surface area contributed by atoms with Crippen molar-refractivity contribution < 1.29 is 4.79 Å². The molecule has 0 rings (SSSR count). The van der Waals surface area contributed by atoms with Crippen LogP contribution in [0, 0.1) is 17.8 Å². The first kappa shape index (κ1) is 27.7. The van der Waals surface area contributed by atoms with Crippen LogP contribution in [0.25, 0.3) is 0 Å². The first-order valence-electron chi connectivity index (χ1n) is 13.0. The van der Waals surface area contributed by atoms with Crippen LogP contribution in [-0.2, 0) is 4.79 Å². The van der Waals surface area contributed by atoms with Gasteiger partial charge in [-0.05, 0) is 18.3 Å². The van der Waals surface area contributed by atoms with Crippen molar-refractivity contribution in [1.82, 2.24) is 0 Å². The van der Waals surface area contributed by atoms with E-state index < -0.39 is 0 Å². The van der Waals surface area contributed by atoms with Crippen molar-refractivity contribution in [2.24, 2.45) is 17.8 Å². The van der Waals surface area contributed by atoms with Crippen LogP contribution in [0.5, 0.6) is 0 Å². The number of carbonyl (C=O) groups is 1. The molecule has 1 heteroatoms. The molecule has 0 saturated heterocycles. The Bertz CT molecular complexity index is 311. The molecule has 0 aromatic rings. The zero-order valence-electron chi connectivity index (χ0n) is 20.2. The van der Waals surface area contributed by atoms with Crippen molar-refractivity contribution in [2.45, 2.75) is 150 Å². The molecule has 168 valence electrons. The van der Waals surface area contributed by atoms with E-state index in [1.54, 1.807) is 0 Å². The quantitative estimate of drug-likeness (QED) is 0.132. The van der Waals surface area contributed by atoms with E-state index in [9.17, 15) is 4.79 Å². The summed E-state index contributed by atoms with van der Waals surface area (Å²) in [5.74, 6) is 2.14. The third-order valence-electron chi connectivity index (χ3n) is 6.53. The first-order chi connectivity index (χ1) is 13.6. The van der Waals surface area contributed by atoms with Crippen molar-refractivity contribution >= 4 is 6.29 Å². The summed E-state index contributed by atoms with van der Waals surface area (Å²) in [6.45, 7) is 9.25. The minimum absolute atomic E-state index is 0.264. The van der Waals surface area contributed by atoms with E-state index in [4.69, 9.17) is 0 Å². The standard InChI is InChI=1S/C27H54O/c1-5-6-7-14-19-25(2)21-17-13-18-22-26(3)20-15-11-9-8-10-12-16-23-27(4)24-28/h24-27H,5-23H2,1-4H3. The highest BCUT2D eigenvalue weighted by Crippen LogP contribution is 2.21. The molecule has 0 aliphatic rings. The van der Waals surface area contributed by atoms with Gasteiger partial charge in [0.15, 0.2) is 0 Å². The highest BCUT2D eigenvalue weighted by molar-refractivity contribution is 5.52. The van der Waals surface area contributed by atoms with Crippen LogP contribution in [-0.4, -0.2) is 6.29 Å². The summed E-state index contributed by atoms with van der Waals surface area (Å²) in [4.78, 5) is 10.6. The van der Waals surface area contributed by atoms with E-state index in [-0.39, 0.29) is 5.92 Å². The van der Waals surface area contributed by atoms with Gasteiger partial charge in [-0.1, -0.05) is 143 Å². The molecule has 0 aromatic heterocycles. The highest BCUT2D eigenvalue weighted by Gasteiger charge is 2.05. The maximum atomic E-state index is 10.6. The monoisotopic (exact) mass is 394 g/mol. The van der Waals surface area contributed by atoms with Gasteiger partial charge < -0.3 is 4.79 Å². The molecule has 0 bridgehead atoms. The molecule has 0 radical (unpaired) electrons. The Kier molecular flexibility index (Phi) is 21.1. The molecule has 0 aliphatic heterocycles. The maximum Gasteiger partial charge on any atom is 0.122 e. The Labute approximate surface area is 178 Å². The lowest BCUT2D eigenvalue weighted by Gasteiger charge is -2.13. The second-order valence-electron chi connectivity index (χ2n) is 9.86. The van der Waals surface area contributed by atoms with Gasteiger partial charge >= 0.3 is 0 Å². The minimum Gasteiger partial charge on any atom is -0.303 e. The van der Waals surface area contributed by atoms with Crippen LogP contribution < -0.4 is 0 Å². The molecule has 0 heterocycles. The number of rotatable bonds is 22. The van der Waals surface area contributed by atoms with Gasteiger partial charge in [0, 0.05) is 5.92 Å². The normalized spacial score (nSPS) is 14.7. The lowest BCUT2D eigenvalue weighted by Crippen LogP contribution is -1.97. The molecule has 28 heavy (non-hydrogen) atoms. The van der Waals surface area contributed by atoms with Crippen LogP contribution in [0.4, 0.5) is 0 Å². The summed E-state index contributed by atoms with van der Waals surface area (Å²) in [5.41, 5.74) is 0. The second kappa shape index (κ2) is 21.4. The van der Waals surface area contributed by atoms with Gasteiger partial charge in [-0.15, -0.1) is 0 Å². The number of aldehydes is 1. The Morgan fingerprint density at radius 2 is 0.821 bits per heavy atom. The first-order valence-corrected chi connectivity index (χ1v) is 13.0. The van der Waals surface area contributed by atoms with E-state index in [1.807, 2.05) is 6.92 Å². The van der Waals surface area contributed by atoms with Gasteiger partial charge in [-0.3, -0.25) is 0 Å². The fourth-order valence-electron chi connectivity index (χ4n) is 4.28. The van der Waals surface area contributed by atoms with E-state index in [2.05, 4.69) is 20.8 Å². The molecule has 0 spiro atoms. The molecule has 0 amide bonds. The topological polar surface area (TPSA) is 17.1 Å². The number of hydrogen-bond donors (Lipinski definition) is 0. The molecule has 0 N–H and O–H groups in total. The fraction of sp³-hybridized carbons (Fsp3) is 0.963. The van der Waals surface area contributed by atoms with Gasteiger partial charge in [-0.25, -0.2) is 0 Å². The Hall–Kier alpha value is -0.330. The zero-order chi connectivity index (χ0) is 20.9. The largest absolute Gasteiger partial charge is 0.303 e. The fourth-order valence-corrected chi connectivity index (χ4v) is 4.28. The predicted molar refractivity (Wildman–Crippen MR) is 127 cm³/mol. The SMILES string of the molecule is CCCCCCC(C)CCCCCC(C)CCCCCCCCCC(C)C=O. The van der Waals surface area contributed by atoms with E-state index >= 15 is 0 Å². The smallest absolute Gasteiger partial charge is 0.122 e. The summed E-state index contributed by atoms with van der Waals surface area (Å²) in [6.07, 6.45) is 27.5. The van der Waals surface area contributed by atoms with Crippen molar-refractivity contribution in [1.29, 1.82) is 0 Å². The van der Waals surface area contributed by atoms with Crippen LogP contribution >= 0.6 is 0 Å². The van der Waals surface area contributed by atoms with Crippen LogP contribution in [0.2, 0.25) is 0 Å². The van der Waals surface area contributed by atoms with E-state index in [1.165, 1.54) is 116 Å². The van der Waals surface area contributed by atoms with Gasteiger partial charge in [0.2, 0.25) is 0 Å². The molecule has 3 atom stereocenters. The summed E-state index contributed by atoms with van der Waals surface area (Å²) in [5, 5.41) is 0. The molecule has 1 nitrogen and oxygen atoms in total. The molecular formula is C27H54O. The van der Waals surface area contributed by atoms with Crippen LogP contribution in [0.15, 0.2) is 0 Å². The number of unbranched alkanes of at least 4 members (excludes halogenated alkanes) is 11. The van der Waals surface area contributed by atoms with E-state index in [0.717, 1.165) is 24.5 Å². The highest BCUT2D eigenvalue weighted by atomic mass is 16.1. The van der Waals surface area contributed by atoms with Gasteiger partial charge in [0.25, 0.3) is 0 Å². The molecule has 0 aromatic carbocycles. The molecule has 0 fully saturated rings. The lowest BCUT2D eigenvalue weighted by molar-refractivity contribution is -0.110. The van der Waals surface area contributed by atoms with Crippen molar-refractivity contribution in [2.75, 3.05) is 0 Å². The van der Waals surface area contributed by atoms with Crippen molar-refractivity contribution in [3.63, 3.8) is 0 Å². The molecular weight excluding hydrogens is 340 g/mol. The number of carbonyl (C=O) groups excluding carboxylic acids is 1. The third kappa shape index (κ3) is 20.4. The zero-order valence-corrected chi connectivity index (χ0v) is 20.2.